The lowest BCUT2D eigenvalue weighted by atomic mass is 10.2. The summed E-state index contributed by atoms with van der Waals surface area (Å²) in [4.78, 5) is 4.25. The van der Waals surface area contributed by atoms with Gasteiger partial charge in [-0.1, -0.05) is 26.8 Å². The van der Waals surface area contributed by atoms with E-state index in [1.807, 2.05) is 42.8 Å². The van der Waals surface area contributed by atoms with Gasteiger partial charge >= 0.3 is 0 Å². The Bertz CT molecular complexity index is 506. The lowest BCUT2D eigenvalue weighted by Crippen LogP contribution is -1.90. The fraction of sp³-hybridized carbons (Fsp3) is 0.286. The number of aryl methyl sites for hydroxylation is 1. The van der Waals surface area contributed by atoms with E-state index in [4.69, 9.17) is 5.26 Å². The first-order valence-electron chi connectivity index (χ1n) is 5.87. The molecule has 0 atom stereocenters. The minimum absolute atomic E-state index is 0.666. The zero-order chi connectivity index (χ0) is 12.7. The third kappa shape index (κ3) is 3.18. The Kier molecular flexibility index (Phi) is 4.96. The first kappa shape index (κ1) is 13.0. The van der Waals surface area contributed by atoms with E-state index in [-0.39, 0.29) is 0 Å². The van der Waals surface area contributed by atoms with Crippen LogP contribution in [0.4, 0.5) is 0 Å². The number of nitrogens with zero attached hydrogens (tertiary/aromatic N) is 3. The maximum Gasteiger partial charge on any atom is 0.0995 e. The monoisotopic (exact) mass is 227 g/mol. The summed E-state index contributed by atoms with van der Waals surface area (Å²) in [5.41, 5.74) is 2.69. The maximum atomic E-state index is 8.79. The van der Waals surface area contributed by atoms with Gasteiger partial charge in [-0.2, -0.15) is 5.26 Å². The molecular formula is C14H17N3. The van der Waals surface area contributed by atoms with E-state index < -0.39 is 0 Å². The van der Waals surface area contributed by atoms with Gasteiger partial charge in [-0.05, 0) is 24.6 Å². The number of benzene rings is 1. The van der Waals surface area contributed by atoms with Gasteiger partial charge in [0.2, 0.25) is 0 Å². The Balaban J connectivity index is 0.000000686. The molecule has 0 aliphatic rings. The molecule has 0 unspecified atom stereocenters. The number of nitriles is 1. The van der Waals surface area contributed by atoms with Gasteiger partial charge in [0.15, 0.2) is 0 Å². The minimum atomic E-state index is 0.666. The van der Waals surface area contributed by atoms with Crippen molar-refractivity contribution in [1.29, 1.82) is 5.26 Å². The van der Waals surface area contributed by atoms with Gasteiger partial charge in [0.25, 0.3) is 0 Å². The second kappa shape index (κ2) is 6.49. The van der Waals surface area contributed by atoms with Crippen LogP contribution in [-0.4, -0.2) is 9.55 Å². The topological polar surface area (TPSA) is 41.6 Å². The molecule has 3 heteroatoms. The van der Waals surface area contributed by atoms with Crippen molar-refractivity contribution in [2.75, 3.05) is 0 Å². The highest BCUT2D eigenvalue weighted by molar-refractivity contribution is 5.41. The molecule has 0 aliphatic carbocycles. The Morgan fingerprint density at radius 1 is 1.35 bits per heavy atom. The zero-order valence-electron chi connectivity index (χ0n) is 10.5. The second-order valence-corrected chi connectivity index (χ2v) is 3.29. The molecule has 0 saturated heterocycles. The highest BCUT2D eigenvalue weighted by Gasteiger charge is 1.99. The molecule has 2 aromatic rings. The molecule has 88 valence electrons. The van der Waals surface area contributed by atoms with Crippen LogP contribution in [0.25, 0.3) is 5.69 Å². The second-order valence-electron chi connectivity index (χ2n) is 3.29. The molecule has 0 spiro atoms. The molecule has 3 nitrogen and oxygen atoms in total. The molecule has 0 fully saturated rings. The van der Waals surface area contributed by atoms with E-state index >= 15 is 0 Å². The van der Waals surface area contributed by atoms with Crippen molar-refractivity contribution in [2.24, 2.45) is 0 Å². The fourth-order valence-corrected chi connectivity index (χ4v) is 1.42. The standard InChI is InChI=1S/C12H11N3.C2H6/c1-2-11-8-15(9-14-11)12-5-3-4-10(6-12)7-13;1-2/h3-6,8-9H,2H2,1H3;1-2H3. The van der Waals surface area contributed by atoms with E-state index in [9.17, 15) is 0 Å². The average Bonchev–Trinajstić information content (AvgIpc) is 2.90. The van der Waals surface area contributed by atoms with Crippen molar-refractivity contribution in [1.82, 2.24) is 9.55 Å². The van der Waals surface area contributed by atoms with E-state index in [0.29, 0.717) is 5.56 Å². The number of imidazole rings is 1. The maximum absolute atomic E-state index is 8.79. The predicted octanol–water partition coefficient (Wildman–Crippen LogP) is 3.33. The first-order chi connectivity index (χ1) is 8.33. The van der Waals surface area contributed by atoms with Crippen LogP contribution < -0.4 is 0 Å². The Labute approximate surface area is 102 Å². The third-order valence-corrected chi connectivity index (χ3v) is 2.27. The van der Waals surface area contributed by atoms with E-state index in [1.54, 1.807) is 12.4 Å². The summed E-state index contributed by atoms with van der Waals surface area (Å²) in [6.07, 6.45) is 4.68. The van der Waals surface area contributed by atoms with Crippen LogP contribution >= 0.6 is 0 Å². The lowest BCUT2D eigenvalue weighted by Gasteiger charge is -2.00. The molecule has 17 heavy (non-hydrogen) atoms. The van der Waals surface area contributed by atoms with Crippen LogP contribution in [0, 0.1) is 11.3 Å². The highest BCUT2D eigenvalue weighted by atomic mass is 15.0. The summed E-state index contributed by atoms with van der Waals surface area (Å²) >= 11 is 0. The number of hydrogen-bond donors (Lipinski definition) is 0. The summed E-state index contributed by atoms with van der Waals surface area (Å²) in [7, 11) is 0. The van der Waals surface area contributed by atoms with Crippen LogP contribution in [0.2, 0.25) is 0 Å². The largest absolute Gasteiger partial charge is 0.306 e. The molecule has 1 heterocycles. The summed E-state index contributed by atoms with van der Waals surface area (Å²) in [5.74, 6) is 0. The van der Waals surface area contributed by atoms with Crippen LogP contribution in [0.5, 0.6) is 0 Å². The quantitative estimate of drug-likeness (QED) is 0.789. The van der Waals surface area contributed by atoms with Crippen LogP contribution in [0.15, 0.2) is 36.8 Å². The highest BCUT2D eigenvalue weighted by Crippen LogP contribution is 2.10. The van der Waals surface area contributed by atoms with Crippen LogP contribution in [0.1, 0.15) is 32.0 Å². The van der Waals surface area contributed by atoms with Crippen molar-refractivity contribution in [3.05, 3.63) is 48.0 Å². The molecule has 0 aliphatic heterocycles. The number of hydrogen-bond acceptors (Lipinski definition) is 2. The molecule has 0 saturated carbocycles. The van der Waals surface area contributed by atoms with Gasteiger partial charge in [-0.25, -0.2) is 4.98 Å². The number of aromatic nitrogens is 2. The van der Waals surface area contributed by atoms with Crippen molar-refractivity contribution >= 4 is 0 Å². The molecule has 0 N–H and O–H groups in total. The Morgan fingerprint density at radius 3 is 2.71 bits per heavy atom. The minimum Gasteiger partial charge on any atom is -0.306 e. The van der Waals surface area contributed by atoms with Crippen molar-refractivity contribution in [2.45, 2.75) is 27.2 Å². The molecular weight excluding hydrogens is 210 g/mol. The number of rotatable bonds is 2. The molecule has 1 aromatic carbocycles. The third-order valence-electron chi connectivity index (χ3n) is 2.27. The summed E-state index contributed by atoms with van der Waals surface area (Å²) in [5, 5.41) is 8.79. The first-order valence-corrected chi connectivity index (χ1v) is 5.87. The van der Waals surface area contributed by atoms with E-state index in [2.05, 4.69) is 18.0 Å². The SMILES string of the molecule is CC.CCc1cn(-c2cccc(C#N)c2)cn1. The predicted molar refractivity (Wildman–Crippen MR) is 69.0 cm³/mol. The van der Waals surface area contributed by atoms with Gasteiger partial charge in [0.05, 0.1) is 23.7 Å². The zero-order valence-corrected chi connectivity index (χ0v) is 10.5. The summed E-state index contributed by atoms with van der Waals surface area (Å²) in [6.45, 7) is 6.07. The Hall–Kier alpha value is -2.08. The van der Waals surface area contributed by atoms with Crippen LogP contribution in [-0.2, 0) is 6.42 Å². The van der Waals surface area contributed by atoms with E-state index in [0.717, 1.165) is 17.8 Å². The molecule has 2 rings (SSSR count). The van der Waals surface area contributed by atoms with Crippen molar-refractivity contribution < 1.29 is 0 Å². The summed E-state index contributed by atoms with van der Waals surface area (Å²) < 4.78 is 1.93. The average molecular weight is 227 g/mol. The van der Waals surface area contributed by atoms with Gasteiger partial charge in [0, 0.05) is 11.9 Å². The fourth-order valence-electron chi connectivity index (χ4n) is 1.42. The normalized spacial score (nSPS) is 9.06. The van der Waals surface area contributed by atoms with Gasteiger partial charge < -0.3 is 4.57 Å². The van der Waals surface area contributed by atoms with Crippen molar-refractivity contribution in [3.63, 3.8) is 0 Å². The van der Waals surface area contributed by atoms with Gasteiger partial charge in [-0.15, -0.1) is 0 Å². The van der Waals surface area contributed by atoms with E-state index in [1.165, 1.54) is 0 Å². The lowest BCUT2D eigenvalue weighted by molar-refractivity contribution is 1.05. The van der Waals surface area contributed by atoms with Gasteiger partial charge in [0.1, 0.15) is 0 Å². The van der Waals surface area contributed by atoms with Crippen LogP contribution in [0.3, 0.4) is 0 Å². The molecule has 0 bridgehead atoms. The van der Waals surface area contributed by atoms with Crippen molar-refractivity contribution in [3.8, 4) is 11.8 Å². The Morgan fingerprint density at radius 2 is 2.12 bits per heavy atom. The smallest absolute Gasteiger partial charge is 0.0995 e. The van der Waals surface area contributed by atoms with Gasteiger partial charge in [-0.3, -0.25) is 0 Å². The molecule has 0 amide bonds. The molecule has 1 aromatic heterocycles. The molecule has 0 radical (unpaired) electrons. The summed E-state index contributed by atoms with van der Waals surface area (Å²) in [6, 6.07) is 9.60.